The van der Waals surface area contributed by atoms with Gasteiger partial charge in [0.15, 0.2) is 0 Å². The standard InChI is InChI=1S/C25H24F5N5S/c26-19-9-21(33-11-17-18(12-33)24(17)34-13-31-32-14-34)20(27)8-16(19)10-35-23(25(28,29)30)7-6-22(36-35)15-4-2-1-3-5-15/h1-5,8-9,13-14,17-18,22-24H,6-7,10-12H2/t17-,18+,22-,23+,24?/m0/s1. The lowest BCUT2D eigenvalue weighted by atomic mass is 10.0. The molecule has 36 heavy (non-hydrogen) atoms. The lowest BCUT2D eigenvalue weighted by molar-refractivity contribution is -0.174. The molecular formula is C25H24F5N5S. The van der Waals surface area contributed by atoms with Crippen LogP contribution >= 0.6 is 11.9 Å². The van der Waals surface area contributed by atoms with Crippen molar-refractivity contribution >= 4 is 17.6 Å². The molecule has 0 amide bonds. The minimum atomic E-state index is -4.46. The molecule has 0 bridgehead atoms. The normalized spacial score (nSPS) is 28.4. The number of fused-ring (bicyclic) bond motifs is 1. The summed E-state index contributed by atoms with van der Waals surface area (Å²) in [5.41, 5.74) is 1.01. The quantitative estimate of drug-likeness (QED) is 0.314. The van der Waals surface area contributed by atoms with Gasteiger partial charge < -0.3 is 9.47 Å². The zero-order chi connectivity index (χ0) is 25.0. The summed E-state index contributed by atoms with van der Waals surface area (Å²) in [5, 5.41) is 7.48. The Labute approximate surface area is 209 Å². The molecule has 2 aromatic carbocycles. The second kappa shape index (κ2) is 9.02. The molecular weight excluding hydrogens is 497 g/mol. The van der Waals surface area contributed by atoms with Crippen LogP contribution in [0.5, 0.6) is 0 Å². The second-order valence-electron chi connectivity index (χ2n) is 9.74. The second-order valence-corrected chi connectivity index (χ2v) is 11.0. The van der Waals surface area contributed by atoms with Crippen molar-refractivity contribution in [2.45, 2.75) is 42.9 Å². The van der Waals surface area contributed by atoms with Crippen LogP contribution in [0.3, 0.4) is 0 Å². The third-order valence-electron chi connectivity index (χ3n) is 7.57. The lowest BCUT2D eigenvalue weighted by Gasteiger charge is -2.39. The van der Waals surface area contributed by atoms with E-state index in [0.29, 0.717) is 31.3 Å². The minimum absolute atomic E-state index is 0.0709. The maximum Gasteiger partial charge on any atom is 0.404 e. The van der Waals surface area contributed by atoms with Gasteiger partial charge in [0.1, 0.15) is 30.3 Å². The number of halogens is 5. The Bertz CT molecular complexity index is 1210. The summed E-state index contributed by atoms with van der Waals surface area (Å²) in [7, 11) is 0. The van der Waals surface area contributed by atoms with Gasteiger partial charge in [-0.05, 0) is 24.5 Å². The Morgan fingerprint density at radius 1 is 0.917 bits per heavy atom. The number of aromatic nitrogens is 3. The van der Waals surface area contributed by atoms with Gasteiger partial charge in [-0.1, -0.05) is 42.3 Å². The molecule has 1 unspecified atom stereocenters. The van der Waals surface area contributed by atoms with Crippen molar-refractivity contribution < 1.29 is 22.0 Å². The number of alkyl halides is 3. The van der Waals surface area contributed by atoms with Crippen molar-refractivity contribution in [2.75, 3.05) is 18.0 Å². The van der Waals surface area contributed by atoms with Crippen LogP contribution in [-0.2, 0) is 6.54 Å². The van der Waals surface area contributed by atoms with Gasteiger partial charge in [-0.25, -0.2) is 13.1 Å². The molecule has 3 fully saturated rings. The molecule has 3 aromatic rings. The van der Waals surface area contributed by atoms with Gasteiger partial charge in [-0.3, -0.25) is 0 Å². The third kappa shape index (κ3) is 4.36. The van der Waals surface area contributed by atoms with Crippen molar-refractivity contribution in [1.82, 2.24) is 19.1 Å². The highest BCUT2D eigenvalue weighted by Crippen LogP contribution is 2.56. The molecule has 0 spiro atoms. The Morgan fingerprint density at radius 3 is 2.28 bits per heavy atom. The number of piperidine rings is 1. The molecule has 0 radical (unpaired) electrons. The lowest BCUT2D eigenvalue weighted by Crippen LogP contribution is -2.44. The van der Waals surface area contributed by atoms with E-state index in [1.165, 1.54) is 4.31 Å². The zero-order valence-corrected chi connectivity index (χ0v) is 20.0. The van der Waals surface area contributed by atoms with Gasteiger partial charge in [-0.2, -0.15) is 13.2 Å². The first-order valence-corrected chi connectivity index (χ1v) is 12.8. The van der Waals surface area contributed by atoms with Crippen LogP contribution in [0.25, 0.3) is 0 Å². The minimum Gasteiger partial charge on any atom is -0.368 e. The van der Waals surface area contributed by atoms with E-state index in [1.807, 2.05) is 39.8 Å². The van der Waals surface area contributed by atoms with Crippen molar-refractivity contribution in [3.8, 4) is 0 Å². The maximum atomic E-state index is 15.2. The number of nitrogens with zero attached hydrogens (tertiary/aromatic N) is 5. The number of anilines is 1. The van der Waals surface area contributed by atoms with Crippen molar-refractivity contribution in [3.63, 3.8) is 0 Å². The molecule has 1 aromatic heterocycles. The van der Waals surface area contributed by atoms with Crippen LogP contribution in [0, 0.1) is 23.5 Å². The maximum absolute atomic E-state index is 15.2. The van der Waals surface area contributed by atoms with E-state index >= 15 is 8.78 Å². The van der Waals surface area contributed by atoms with Crippen molar-refractivity contribution in [1.29, 1.82) is 0 Å². The predicted molar refractivity (Wildman–Crippen MR) is 126 cm³/mol. The van der Waals surface area contributed by atoms with Crippen LogP contribution in [0.4, 0.5) is 27.6 Å². The number of rotatable bonds is 5. The van der Waals surface area contributed by atoms with E-state index in [-0.39, 0.29) is 35.5 Å². The van der Waals surface area contributed by atoms with Gasteiger partial charge >= 0.3 is 6.18 Å². The van der Waals surface area contributed by atoms with E-state index in [0.717, 1.165) is 29.6 Å². The monoisotopic (exact) mass is 521 g/mol. The van der Waals surface area contributed by atoms with Crippen LogP contribution in [0.2, 0.25) is 0 Å². The highest BCUT2D eigenvalue weighted by atomic mass is 32.2. The fourth-order valence-corrected chi connectivity index (χ4v) is 7.15. The molecule has 2 saturated heterocycles. The summed E-state index contributed by atoms with van der Waals surface area (Å²) in [6, 6.07) is 10.1. The SMILES string of the molecule is Fc1cc(N2C[C@@H]3C(n4cnnc4)[C@@H]3C2)c(F)cc1CN1S[C@H](c2ccccc2)CC[C@@H]1C(F)(F)F. The van der Waals surface area contributed by atoms with E-state index in [2.05, 4.69) is 10.2 Å². The molecule has 0 N–H and O–H groups in total. The summed E-state index contributed by atoms with van der Waals surface area (Å²) < 4.78 is 74.8. The fraction of sp³-hybridized carbons (Fsp3) is 0.440. The Hall–Kier alpha value is -2.66. The molecule has 6 rings (SSSR count). The first kappa shape index (κ1) is 23.7. The highest BCUT2D eigenvalue weighted by molar-refractivity contribution is 7.97. The van der Waals surface area contributed by atoms with Crippen LogP contribution in [0.1, 0.15) is 35.3 Å². The van der Waals surface area contributed by atoms with Gasteiger partial charge in [0.05, 0.1) is 5.69 Å². The van der Waals surface area contributed by atoms with Crippen molar-refractivity contribution in [2.24, 2.45) is 11.8 Å². The summed E-state index contributed by atoms with van der Waals surface area (Å²) >= 11 is 1.06. The number of hydrogen-bond acceptors (Lipinski definition) is 5. The predicted octanol–water partition coefficient (Wildman–Crippen LogP) is 5.78. The summed E-state index contributed by atoms with van der Waals surface area (Å²) in [5.74, 6) is -0.671. The zero-order valence-electron chi connectivity index (χ0n) is 19.2. The summed E-state index contributed by atoms with van der Waals surface area (Å²) in [6.07, 6.45) is -0.864. The Kier molecular flexibility index (Phi) is 5.94. The number of hydrogen-bond donors (Lipinski definition) is 0. The van der Waals surface area contributed by atoms with E-state index in [9.17, 15) is 13.2 Å². The molecule has 2 aliphatic heterocycles. The molecule has 5 nitrogen and oxygen atoms in total. The smallest absolute Gasteiger partial charge is 0.368 e. The van der Waals surface area contributed by atoms with E-state index in [4.69, 9.17) is 0 Å². The first-order chi connectivity index (χ1) is 17.3. The van der Waals surface area contributed by atoms with Gasteiger partial charge in [-0.15, -0.1) is 10.2 Å². The topological polar surface area (TPSA) is 37.2 Å². The van der Waals surface area contributed by atoms with Gasteiger partial charge in [0.2, 0.25) is 0 Å². The van der Waals surface area contributed by atoms with Crippen LogP contribution < -0.4 is 4.90 Å². The largest absolute Gasteiger partial charge is 0.404 e. The van der Waals surface area contributed by atoms with Crippen molar-refractivity contribution in [3.05, 3.63) is 77.9 Å². The average molecular weight is 522 g/mol. The van der Waals surface area contributed by atoms with Crippen LogP contribution in [0.15, 0.2) is 55.1 Å². The molecule has 11 heteroatoms. The summed E-state index contributed by atoms with van der Waals surface area (Å²) in [4.78, 5) is 1.82. The molecule has 5 atom stereocenters. The molecule has 1 aliphatic carbocycles. The highest BCUT2D eigenvalue weighted by Gasteiger charge is 2.57. The summed E-state index contributed by atoms with van der Waals surface area (Å²) in [6.45, 7) is 0.836. The Balaban J connectivity index is 1.19. The van der Waals surface area contributed by atoms with E-state index < -0.39 is 23.9 Å². The molecule has 3 aliphatic rings. The average Bonchev–Trinajstić information content (AvgIpc) is 3.23. The molecule has 3 heterocycles. The first-order valence-electron chi connectivity index (χ1n) is 11.9. The number of benzene rings is 2. The molecule has 190 valence electrons. The Morgan fingerprint density at radius 2 is 1.61 bits per heavy atom. The van der Waals surface area contributed by atoms with Gasteiger partial charge in [0.25, 0.3) is 0 Å². The fourth-order valence-electron chi connectivity index (χ4n) is 5.72. The third-order valence-corrected chi connectivity index (χ3v) is 8.99. The van der Waals surface area contributed by atoms with Crippen LogP contribution in [-0.4, -0.2) is 44.4 Å². The van der Waals surface area contributed by atoms with E-state index in [1.54, 1.807) is 12.7 Å². The van der Waals surface area contributed by atoms with Gasteiger partial charge in [0, 0.05) is 54.4 Å². The molecule has 1 saturated carbocycles.